The molecular formula is C8H8N2O4. The molecule has 0 aromatic rings. The number of hydrogen-bond donors (Lipinski definition) is 2. The van der Waals surface area contributed by atoms with Crippen molar-refractivity contribution in [2.24, 2.45) is 0 Å². The lowest BCUT2D eigenvalue weighted by atomic mass is 10.1. The van der Waals surface area contributed by atoms with E-state index in [1.54, 1.807) is 0 Å². The molecule has 0 bridgehead atoms. The van der Waals surface area contributed by atoms with Crippen LogP contribution < -0.4 is 10.6 Å². The third-order valence-corrected chi connectivity index (χ3v) is 2.05. The molecule has 0 radical (unpaired) electrons. The molecule has 0 unspecified atom stereocenters. The Labute approximate surface area is 79.3 Å². The lowest BCUT2D eigenvalue weighted by molar-refractivity contribution is -0.141. The summed E-state index contributed by atoms with van der Waals surface area (Å²) in [5.41, 5.74) is 0.277. The number of rotatable bonds is 0. The molecule has 3 amide bonds. The minimum Gasteiger partial charge on any atom is -0.462 e. The van der Waals surface area contributed by atoms with Crippen molar-refractivity contribution >= 4 is 17.9 Å². The van der Waals surface area contributed by atoms with Crippen LogP contribution in [0.1, 0.15) is 12.8 Å². The Balaban J connectivity index is 2.33. The lowest BCUT2D eigenvalue weighted by Crippen LogP contribution is -2.23. The van der Waals surface area contributed by atoms with E-state index in [2.05, 4.69) is 5.32 Å². The smallest absolute Gasteiger partial charge is 0.336 e. The van der Waals surface area contributed by atoms with Crippen LogP contribution in [0.25, 0.3) is 0 Å². The molecule has 0 spiro atoms. The minimum atomic E-state index is -0.601. The zero-order valence-corrected chi connectivity index (χ0v) is 7.25. The normalized spacial score (nSPS) is 27.0. The lowest BCUT2D eigenvalue weighted by Gasteiger charge is -2.14. The number of cyclic esters (lactones) is 1. The Bertz CT molecular complexity index is 358. The molecule has 2 N–H and O–H groups in total. The quantitative estimate of drug-likeness (QED) is 0.308. The number of ether oxygens (including phenoxy) is 1. The van der Waals surface area contributed by atoms with E-state index >= 15 is 0 Å². The molecule has 0 aromatic heterocycles. The number of esters is 1. The average Bonchev–Trinajstić information content (AvgIpc) is 2.46. The summed E-state index contributed by atoms with van der Waals surface area (Å²) in [6, 6.07) is -0.601. The largest absolute Gasteiger partial charge is 0.462 e. The van der Waals surface area contributed by atoms with Crippen molar-refractivity contribution in [2.75, 3.05) is 6.61 Å². The van der Waals surface area contributed by atoms with Crippen LogP contribution in [0.15, 0.2) is 11.3 Å². The van der Waals surface area contributed by atoms with Crippen LogP contribution in [-0.2, 0) is 14.3 Å². The van der Waals surface area contributed by atoms with Gasteiger partial charge in [-0.1, -0.05) is 0 Å². The summed E-state index contributed by atoms with van der Waals surface area (Å²) in [6.07, 6.45) is 1.13. The van der Waals surface area contributed by atoms with Gasteiger partial charge in [0.2, 0.25) is 0 Å². The first kappa shape index (κ1) is 8.74. The van der Waals surface area contributed by atoms with E-state index in [0.29, 0.717) is 19.4 Å². The monoisotopic (exact) mass is 196 g/mol. The fourth-order valence-corrected chi connectivity index (χ4v) is 1.41. The van der Waals surface area contributed by atoms with Gasteiger partial charge in [-0.15, -0.1) is 0 Å². The van der Waals surface area contributed by atoms with Crippen molar-refractivity contribution in [3.63, 3.8) is 0 Å². The van der Waals surface area contributed by atoms with Gasteiger partial charge < -0.3 is 10.1 Å². The molecule has 0 aliphatic carbocycles. The van der Waals surface area contributed by atoms with Gasteiger partial charge in [0.25, 0.3) is 5.91 Å². The van der Waals surface area contributed by atoms with Crippen molar-refractivity contribution in [3.05, 3.63) is 11.3 Å². The highest BCUT2D eigenvalue weighted by Gasteiger charge is 2.31. The SMILES string of the molecule is O=C1NC(=O)/C(=C2\CCCOC2=O)N1. The third kappa shape index (κ3) is 1.34. The fraction of sp³-hybridized carbons (Fsp3) is 0.375. The van der Waals surface area contributed by atoms with Crippen LogP contribution in [-0.4, -0.2) is 24.5 Å². The Morgan fingerprint density at radius 2 is 1.93 bits per heavy atom. The summed E-state index contributed by atoms with van der Waals surface area (Å²) in [5, 5.41) is 4.31. The average molecular weight is 196 g/mol. The van der Waals surface area contributed by atoms with Gasteiger partial charge >= 0.3 is 12.0 Å². The number of hydrogen-bond acceptors (Lipinski definition) is 4. The zero-order valence-electron chi connectivity index (χ0n) is 7.25. The first-order valence-electron chi connectivity index (χ1n) is 4.21. The van der Waals surface area contributed by atoms with Gasteiger partial charge in [-0.2, -0.15) is 0 Å². The van der Waals surface area contributed by atoms with Crippen LogP contribution in [0.3, 0.4) is 0 Å². The van der Waals surface area contributed by atoms with Crippen LogP contribution in [0.4, 0.5) is 4.79 Å². The highest BCUT2D eigenvalue weighted by molar-refractivity contribution is 6.15. The van der Waals surface area contributed by atoms with E-state index in [9.17, 15) is 14.4 Å². The van der Waals surface area contributed by atoms with E-state index < -0.39 is 17.9 Å². The topological polar surface area (TPSA) is 84.5 Å². The Morgan fingerprint density at radius 1 is 1.14 bits per heavy atom. The van der Waals surface area contributed by atoms with Gasteiger partial charge in [0.15, 0.2) is 0 Å². The van der Waals surface area contributed by atoms with Gasteiger partial charge in [0.1, 0.15) is 5.70 Å². The molecule has 2 rings (SSSR count). The summed E-state index contributed by atoms with van der Waals surface area (Å²) in [6.45, 7) is 0.366. The molecule has 0 aromatic carbocycles. The molecule has 2 heterocycles. The number of carbonyl (C=O) groups is 3. The summed E-state index contributed by atoms with van der Waals surface area (Å²) in [7, 11) is 0. The molecule has 2 fully saturated rings. The summed E-state index contributed by atoms with van der Waals surface area (Å²) in [4.78, 5) is 33.2. The summed E-state index contributed by atoms with van der Waals surface area (Å²) < 4.78 is 4.76. The molecule has 0 saturated carbocycles. The molecule has 74 valence electrons. The van der Waals surface area contributed by atoms with Gasteiger partial charge in [0.05, 0.1) is 12.2 Å². The molecule has 6 nitrogen and oxygen atoms in total. The van der Waals surface area contributed by atoms with Gasteiger partial charge in [-0.05, 0) is 12.8 Å². The van der Waals surface area contributed by atoms with E-state index in [1.165, 1.54) is 0 Å². The first-order valence-corrected chi connectivity index (χ1v) is 4.21. The second-order valence-electron chi connectivity index (χ2n) is 3.00. The van der Waals surface area contributed by atoms with E-state index in [-0.39, 0.29) is 11.3 Å². The molecule has 14 heavy (non-hydrogen) atoms. The Hall–Kier alpha value is -1.85. The van der Waals surface area contributed by atoms with Crippen LogP contribution >= 0.6 is 0 Å². The predicted octanol–water partition coefficient (Wildman–Crippen LogP) is -0.583. The van der Waals surface area contributed by atoms with Crippen molar-refractivity contribution in [1.82, 2.24) is 10.6 Å². The molecular weight excluding hydrogens is 188 g/mol. The third-order valence-electron chi connectivity index (χ3n) is 2.05. The minimum absolute atomic E-state index is 0.0275. The number of imide groups is 1. The fourth-order valence-electron chi connectivity index (χ4n) is 1.41. The maximum atomic E-state index is 11.2. The van der Waals surface area contributed by atoms with E-state index in [1.807, 2.05) is 5.32 Å². The van der Waals surface area contributed by atoms with E-state index in [4.69, 9.17) is 4.74 Å². The number of amides is 3. The number of nitrogens with one attached hydrogen (secondary N) is 2. The second-order valence-corrected chi connectivity index (χ2v) is 3.00. The van der Waals surface area contributed by atoms with Crippen molar-refractivity contribution in [1.29, 1.82) is 0 Å². The van der Waals surface area contributed by atoms with Gasteiger partial charge in [0, 0.05) is 0 Å². The highest BCUT2D eigenvalue weighted by Crippen LogP contribution is 2.18. The van der Waals surface area contributed by atoms with Crippen LogP contribution in [0, 0.1) is 0 Å². The maximum Gasteiger partial charge on any atom is 0.336 e. The van der Waals surface area contributed by atoms with Crippen molar-refractivity contribution in [2.45, 2.75) is 12.8 Å². The molecule has 2 aliphatic rings. The van der Waals surface area contributed by atoms with Crippen molar-refractivity contribution < 1.29 is 19.1 Å². The predicted molar refractivity (Wildman–Crippen MR) is 43.9 cm³/mol. The maximum absolute atomic E-state index is 11.2. The summed E-state index contributed by atoms with van der Waals surface area (Å²) in [5.74, 6) is -1.09. The first-order chi connectivity index (χ1) is 6.68. The van der Waals surface area contributed by atoms with Crippen LogP contribution in [0.5, 0.6) is 0 Å². The summed E-state index contributed by atoms with van der Waals surface area (Å²) >= 11 is 0. The second kappa shape index (κ2) is 3.13. The zero-order chi connectivity index (χ0) is 10.1. The van der Waals surface area contributed by atoms with Crippen LogP contribution in [0.2, 0.25) is 0 Å². The molecule has 2 aliphatic heterocycles. The highest BCUT2D eigenvalue weighted by atomic mass is 16.5. The molecule has 2 saturated heterocycles. The standard InChI is InChI=1S/C8H8N2O4/c11-6-5(9-8(13)10-6)4-2-1-3-14-7(4)12/h1-3H2,(H2,9,10,11,13)/b5-4-. The van der Waals surface area contributed by atoms with Gasteiger partial charge in [-0.3, -0.25) is 10.1 Å². The van der Waals surface area contributed by atoms with Gasteiger partial charge in [-0.25, -0.2) is 9.59 Å². The van der Waals surface area contributed by atoms with E-state index in [0.717, 1.165) is 0 Å². The molecule has 6 heteroatoms. The Kier molecular flexibility index (Phi) is 1.95. The number of carbonyl (C=O) groups excluding carboxylic acids is 3. The Morgan fingerprint density at radius 3 is 2.50 bits per heavy atom. The molecule has 0 atom stereocenters. The number of urea groups is 1. The van der Waals surface area contributed by atoms with Crippen molar-refractivity contribution in [3.8, 4) is 0 Å².